The Bertz CT molecular complexity index is 680. The van der Waals surface area contributed by atoms with Crippen LogP contribution in [-0.4, -0.2) is 58.4 Å². The van der Waals surface area contributed by atoms with Crippen LogP contribution in [0.2, 0.25) is 6.32 Å². The molecule has 24 heavy (non-hydrogen) atoms. The summed E-state index contributed by atoms with van der Waals surface area (Å²) in [6.45, 7) is 2.87. The van der Waals surface area contributed by atoms with Crippen LogP contribution in [0.3, 0.4) is 0 Å². The van der Waals surface area contributed by atoms with Crippen LogP contribution in [0.5, 0.6) is 11.5 Å². The molecule has 3 N–H and O–H groups in total. The van der Waals surface area contributed by atoms with Crippen LogP contribution in [0, 0.1) is 0 Å². The quantitative estimate of drug-likeness (QED) is 0.249. The molecule has 0 aliphatic carbocycles. The zero-order chi connectivity index (χ0) is 17.3. The Balaban J connectivity index is 1.84. The van der Waals surface area contributed by atoms with E-state index in [9.17, 15) is 14.9 Å². The topological polar surface area (TPSA) is 112 Å². The molecule has 0 amide bonds. The van der Waals surface area contributed by atoms with Gasteiger partial charge in [0.05, 0.1) is 6.54 Å². The van der Waals surface area contributed by atoms with Crippen molar-refractivity contribution in [1.82, 2.24) is 4.90 Å². The maximum Gasteiger partial charge on any atom is 0.522 e. The largest absolute Gasteiger partial charge is 0.535 e. The molecule has 0 bridgehead atoms. The minimum atomic E-state index is -1.15. The number of nitrogens with zero attached hydrogens (tertiary/aromatic N) is 2. The number of hydrogen-bond acceptors (Lipinski definition) is 6. The Hall–Kier alpha value is -2.42. The van der Waals surface area contributed by atoms with Crippen molar-refractivity contribution < 1.29 is 29.5 Å². The van der Waals surface area contributed by atoms with Gasteiger partial charge in [-0.2, -0.15) is 0 Å². The van der Waals surface area contributed by atoms with Gasteiger partial charge in [-0.3, -0.25) is 0 Å². The van der Waals surface area contributed by atoms with Gasteiger partial charge < -0.3 is 29.6 Å². The highest BCUT2D eigenvalue weighted by atomic mass is 16.5. The smallest absolute Gasteiger partial charge is 0.522 e. The van der Waals surface area contributed by atoms with Crippen molar-refractivity contribution in [1.29, 1.82) is 0 Å². The van der Waals surface area contributed by atoms with E-state index in [1.807, 2.05) is 4.90 Å². The number of benzene rings is 1. The van der Waals surface area contributed by atoms with Crippen molar-refractivity contribution in [3.63, 3.8) is 0 Å². The number of ether oxygens (including phenoxy) is 1. The van der Waals surface area contributed by atoms with Crippen molar-refractivity contribution in [3.8, 4) is 11.5 Å². The fourth-order valence-corrected chi connectivity index (χ4v) is 3.08. The van der Waals surface area contributed by atoms with Gasteiger partial charge in [0.15, 0.2) is 0 Å². The first-order chi connectivity index (χ1) is 11.5. The lowest BCUT2D eigenvalue weighted by molar-refractivity contribution is 0.0686. The zero-order valence-corrected chi connectivity index (χ0v) is 13.3. The lowest BCUT2D eigenvalue weighted by atomic mass is 9.78. The van der Waals surface area contributed by atoms with E-state index in [-0.39, 0.29) is 23.2 Å². The van der Waals surface area contributed by atoms with Gasteiger partial charge in [0.1, 0.15) is 29.0 Å². The molecular formula is C15H19BN2O6. The molecule has 1 fully saturated rings. The highest BCUT2D eigenvalue weighted by molar-refractivity contribution is 6.44. The third-order valence-electron chi connectivity index (χ3n) is 4.37. The van der Waals surface area contributed by atoms with E-state index >= 15 is 0 Å². The van der Waals surface area contributed by atoms with Gasteiger partial charge in [-0.05, 0) is 31.3 Å². The van der Waals surface area contributed by atoms with Crippen molar-refractivity contribution >= 4 is 18.9 Å². The average Bonchev–Trinajstić information content (AvgIpc) is 3.01. The van der Waals surface area contributed by atoms with E-state index in [0.29, 0.717) is 38.1 Å². The summed E-state index contributed by atoms with van der Waals surface area (Å²) in [4.78, 5) is 13.6. The molecule has 128 valence electrons. The molecule has 8 nitrogen and oxygen atoms in total. The van der Waals surface area contributed by atoms with Gasteiger partial charge >= 0.3 is 13.1 Å². The van der Waals surface area contributed by atoms with E-state index in [2.05, 4.69) is 5.16 Å². The number of likely N-dealkylation sites (tertiary alicyclic amines) is 1. The maximum absolute atomic E-state index is 11.7. The fourth-order valence-electron chi connectivity index (χ4n) is 3.08. The van der Waals surface area contributed by atoms with Crippen molar-refractivity contribution in [2.24, 2.45) is 5.16 Å². The van der Waals surface area contributed by atoms with E-state index in [0.717, 1.165) is 5.56 Å². The molecule has 2 heterocycles. The molecule has 3 rings (SSSR count). The highest BCUT2D eigenvalue weighted by Gasteiger charge is 2.32. The van der Waals surface area contributed by atoms with Crippen LogP contribution < -0.4 is 9.39 Å². The fraction of sp³-hybridized carbons (Fsp3) is 0.467. The summed E-state index contributed by atoms with van der Waals surface area (Å²) < 4.78 is 11.2. The number of rotatable bonds is 3. The first kappa shape index (κ1) is 16.4. The Morgan fingerprint density at radius 3 is 3.00 bits per heavy atom. The first-order valence-electron chi connectivity index (χ1n) is 7.83. The van der Waals surface area contributed by atoms with E-state index in [4.69, 9.17) is 14.6 Å². The molecule has 0 unspecified atom stereocenters. The van der Waals surface area contributed by atoms with Crippen molar-refractivity contribution in [3.05, 3.63) is 23.3 Å². The lowest BCUT2D eigenvalue weighted by Gasteiger charge is -2.24. The van der Waals surface area contributed by atoms with E-state index in [1.165, 1.54) is 0 Å². The second-order valence-corrected chi connectivity index (χ2v) is 5.97. The number of hydrogen-bond donors (Lipinski definition) is 3. The number of carboxylic acid groups (broad SMARTS) is 1. The van der Waals surface area contributed by atoms with Crippen LogP contribution in [0.1, 0.15) is 29.3 Å². The van der Waals surface area contributed by atoms with Gasteiger partial charge in [-0.25, -0.2) is 4.79 Å². The van der Waals surface area contributed by atoms with Crippen LogP contribution in [0.4, 0.5) is 0 Å². The van der Waals surface area contributed by atoms with Crippen LogP contribution >= 0.6 is 0 Å². The molecule has 9 heteroatoms. The predicted octanol–water partition coefficient (Wildman–Crippen LogP) is 1.06. The average molecular weight is 334 g/mol. The monoisotopic (exact) mass is 334 g/mol. The number of carbonyl (C=O) groups is 1. The SMILES string of the molecule is C/C(=N\O)N1CC[C@H](Oc2ccc3c(c2C(=O)O)OB(O)CC3)C1. The molecule has 2 aliphatic rings. The lowest BCUT2D eigenvalue weighted by Crippen LogP contribution is -2.30. The Morgan fingerprint density at radius 1 is 1.50 bits per heavy atom. The Kier molecular flexibility index (Phi) is 4.52. The molecule has 0 spiro atoms. The molecule has 0 radical (unpaired) electrons. The summed E-state index contributed by atoms with van der Waals surface area (Å²) in [6.07, 6.45) is 1.46. The zero-order valence-electron chi connectivity index (χ0n) is 13.3. The van der Waals surface area contributed by atoms with Gasteiger partial charge in [0, 0.05) is 13.0 Å². The van der Waals surface area contributed by atoms with Crippen LogP contribution in [-0.2, 0) is 6.42 Å². The van der Waals surface area contributed by atoms with E-state index in [1.54, 1.807) is 19.1 Å². The van der Waals surface area contributed by atoms with E-state index < -0.39 is 13.1 Å². The van der Waals surface area contributed by atoms with Gasteiger partial charge in [0.2, 0.25) is 0 Å². The van der Waals surface area contributed by atoms with Gasteiger partial charge in [-0.15, -0.1) is 0 Å². The normalized spacial score (nSPS) is 20.6. The number of amidine groups is 1. The molecular weight excluding hydrogens is 315 g/mol. The molecule has 1 saturated heterocycles. The maximum atomic E-state index is 11.7. The standard InChI is InChI=1S/C15H19BN2O6/c1-9(17-22)18-7-5-11(8-18)23-12-3-2-10-4-6-16(21)24-14(10)13(12)15(19)20/h2-3,11,21-22H,4-8H2,1H3,(H,19,20)/b17-9+/t11-/m0/s1. The molecule has 1 atom stereocenters. The third-order valence-corrected chi connectivity index (χ3v) is 4.37. The molecule has 1 aromatic rings. The third kappa shape index (κ3) is 3.12. The summed E-state index contributed by atoms with van der Waals surface area (Å²) in [6, 6.07) is 3.41. The Labute approximate surface area is 139 Å². The second kappa shape index (κ2) is 6.60. The van der Waals surface area contributed by atoms with Crippen LogP contribution in [0.25, 0.3) is 0 Å². The first-order valence-corrected chi connectivity index (χ1v) is 7.83. The number of aryl methyl sites for hydroxylation is 1. The summed E-state index contributed by atoms with van der Waals surface area (Å²) in [5.74, 6) is -0.252. The van der Waals surface area contributed by atoms with Gasteiger partial charge in [0.25, 0.3) is 0 Å². The molecule has 0 saturated carbocycles. The van der Waals surface area contributed by atoms with Crippen molar-refractivity contribution in [2.75, 3.05) is 13.1 Å². The second-order valence-electron chi connectivity index (χ2n) is 5.97. The molecule has 1 aromatic carbocycles. The predicted molar refractivity (Wildman–Crippen MR) is 86.0 cm³/mol. The summed E-state index contributed by atoms with van der Waals surface area (Å²) >= 11 is 0. The minimum absolute atomic E-state index is 0.0581. The molecule has 0 aromatic heterocycles. The summed E-state index contributed by atoms with van der Waals surface area (Å²) in [5, 5.41) is 31.2. The Morgan fingerprint density at radius 2 is 2.29 bits per heavy atom. The summed E-state index contributed by atoms with van der Waals surface area (Å²) in [5.41, 5.74) is 0.693. The highest BCUT2D eigenvalue weighted by Crippen LogP contribution is 2.37. The number of aromatic carboxylic acids is 1. The number of oxime groups is 1. The molecule has 2 aliphatic heterocycles. The van der Waals surface area contributed by atoms with Crippen molar-refractivity contribution in [2.45, 2.75) is 32.2 Å². The number of fused-ring (bicyclic) bond motifs is 1. The van der Waals surface area contributed by atoms with Crippen LogP contribution in [0.15, 0.2) is 17.3 Å². The minimum Gasteiger partial charge on any atom is -0.535 e. The summed E-state index contributed by atoms with van der Waals surface area (Å²) in [7, 11) is -1.00. The number of carboxylic acids is 1. The van der Waals surface area contributed by atoms with Gasteiger partial charge in [-0.1, -0.05) is 11.2 Å².